The highest BCUT2D eigenvalue weighted by Crippen LogP contribution is 2.06. The molecule has 52 heteroatoms. The van der Waals surface area contributed by atoms with E-state index in [0.29, 0.717) is 44.7 Å². The Bertz CT molecular complexity index is 2610. The zero-order valence-corrected chi connectivity index (χ0v) is 70.5. The van der Waals surface area contributed by atoms with Crippen LogP contribution in [-0.4, -0.2) is 297 Å². The largest absolute Gasteiger partial charge is 0.481 e. The Morgan fingerprint density at radius 3 is 0.661 bits per heavy atom. The molecule has 50 N–H and O–H groups in total. The van der Waals surface area contributed by atoms with Gasteiger partial charge in [0.05, 0.1) is 26.1 Å². The predicted octanol–water partition coefficient (Wildman–Crippen LogP) is -6.93. The van der Waals surface area contributed by atoms with Crippen molar-refractivity contribution in [2.75, 3.05) is 45.1 Å². The fourth-order valence-electron chi connectivity index (χ4n) is 4.57. The van der Waals surface area contributed by atoms with Crippen LogP contribution < -0.4 is 103 Å². The third-order valence-electron chi connectivity index (χ3n) is 12.1. The molecule has 0 aliphatic rings. The number of esters is 3. The number of carboxylic acid groups (broad SMARTS) is 14. The second-order valence-corrected chi connectivity index (χ2v) is 26.4. The van der Waals surface area contributed by atoms with Crippen molar-refractivity contribution in [1.82, 2.24) is 0 Å². The van der Waals surface area contributed by atoms with Gasteiger partial charge in [0.25, 0.3) is 0 Å². The van der Waals surface area contributed by atoms with Crippen LogP contribution in [0, 0.1) is 35.5 Å². The van der Waals surface area contributed by atoms with Gasteiger partial charge < -0.3 is 184 Å². The lowest BCUT2D eigenvalue weighted by atomic mass is 10.1. The Morgan fingerprint density at radius 1 is 0.280 bits per heavy atom. The number of carbonyl (C=O) groups is 17. The molecule has 0 unspecified atom stereocenters. The summed E-state index contributed by atoms with van der Waals surface area (Å²) in [7, 11) is 0. The lowest BCUT2D eigenvalue weighted by molar-refractivity contribution is -0.162. The molecule has 0 aromatic rings. The minimum Gasteiger partial charge on any atom is -0.481 e. The van der Waals surface area contributed by atoms with E-state index in [0.717, 1.165) is 25.7 Å². The monoisotopic (exact) mass is 1750 g/mol. The predicted molar refractivity (Wildman–Crippen MR) is 434 cm³/mol. The summed E-state index contributed by atoms with van der Waals surface area (Å²) in [6.07, 6.45) is 4.85. The normalized spacial score (nSPS) is 13.0. The first kappa shape index (κ1) is 141. The fourth-order valence-corrected chi connectivity index (χ4v) is 4.72. The number of ether oxygens (including phenoxy) is 2. The van der Waals surface area contributed by atoms with Gasteiger partial charge in [-0.25, -0.2) is 9.59 Å². The number of carboxylic acids is 14. The topological polar surface area (TPSA) is 1060 Å². The van der Waals surface area contributed by atoms with Crippen LogP contribution in [0.15, 0.2) is 0 Å². The molecular weight excluding hydrogens is 1600 g/mol. The summed E-state index contributed by atoms with van der Waals surface area (Å²) >= 11 is 3.65. The number of carbonyl (C=O) groups excluding carboxylic acids is 3. The highest BCUT2D eigenvalue weighted by Gasteiger charge is 2.24. The first-order chi connectivity index (χ1) is 53.4. The number of rotatable bonds is 37. The summed E-state index contributed by atoms with van der Waals surface area (Å²) in [5, 5.41) is 113. The van der Waals surface area contributed by atoms with E-state index in [-0.39, 0.29) is 61.6 Å². The van der Waals surface area contributed by atoms with E-state index in [2.05, 4.69) is 39.3 Å². The molecule has 0 spiro atoms. The Kier molecular flexibility index (Phi) is 107. The number of hydrogen-bond donors (Lipinski definition) is 33. The molecule has 702 valence electrons. The van der Waals surface area contributed by atoms with Gasteiger partial charge in [-0.3, -0.25) is 71.9 Å². The number of aliphatic carboxylic acids is 14. The van der Waals surface area contributed by atoms with Crippen LogP contribution in [0.5, 0.6) is 0 Å². The van der Waals surface area contributed by atoms with Crippen molar-refractivity contribution in [3.8, 4) is 0 Å². The van der Waals surface area contributed by atoms with E-state index in [1.165, 1.54) is 13.8 Å². The van der Waals surface area contributed by atoms with Crippen LogP contribution in [-0.2, 0) is 91.0 Å². The standard InChI is InChI=1S/C9H18N2O4.C8H16N2O3.2C6H14N2O2.C6H13NO2.3C5H11NO2.C4H7NO4.C3H7NO2S.C3H7NO2.3C2H5NO2/c1-5(2)3-6(10)9(14)15-4-7(11)8(12)13;1-4(2)6(10)8(12)13-7(11)5(3)9;2*7-4-2-1-3-5(8)6(9)10;1-4(2)3-5(7)6(8)9;3*1-3(2)4(6)5(7)8;5-2(4(8)9)1-3(6)7;4-2(1-7)3(5)6;1-2(4)3(5)6;3*3-1-2(4)5/h5-7H,3-4,10-11H2,1-2H3,(H,12,13);4-6H,9-10H2,1-3H3;2*5H,1-4,7-8H2,(H,9,10);4-5H,3,7H2,1-2H3,(H,8,9);3*3-4H,6H2,1-2H3,(H,7,8);2H,1,5H2,(H,6,7)(H,8,9);2,7H,1,4H2,(H,5,6);2H,4H2,1H3,(H,5,6);3*1,3H2,(H,4,5)/t6-,7-;5-,6-;3*5-;3*4-;3*2-;;;/m00000000000.../s1. The van der Waals surface area contributed by atoms with E-state index >= 15 is 0 Å². The molecule has 0 aromatic heterocycles. The minimum absolute atomic E-state index is 0.0208. The van der Waals surface area contributed by atoms with Crippen molar-refractivity contribution in [3.63, 3.8) is 0 Å². The minimum atomic E-state index is -1.29. The molecule has 0 saturated carbocycles. The molecular formula is C66H144N18O33S. The number of hydrogen-bond acceptors (Lipinski definition) is 38. The zero-order valence-electron chi connectivity index (χ0n) is 69.6. The number of nitrogens with two attached hydrogens (primary N) is 18. The van der Waals surface area contributed by atoms with Crippen LogP contribution in [0.1, 0.15) is 155 Å². The second-order valence-electron chi connectivity index (χ2n) is 26.1. The lowest BCUT2D eigenvalue weighted by Gasteiger charge is -2.14. The van der Waals surface area contributed by atoms with Crippen molar-refractivity contribution >= 4 is 114 Å². The van der Waals surface area contributed by atoms with E-state index < -0.39 is 186 Å². The smallest absolute Gasteiger partial charge is 0.330 e. The van der Waals surface area contributed by atoms with Crippen molar-refractivity contribution in [1.29, 1.82) is 0 Å². The fraction of sp³-hybridized carbons (Fsp3) is 0.742. The summed E-state index contributed by atoms with van der Waals surface area (Å²) in [5.74, 6) is -15.4. The van der Waals surface area contributed by atoms with E-state index in [1.807, 2.05) is 27.7 Å². The molecule has 51 nitrogen and oxygen atoms in total. The van der Waals surface area contributed by atoms with Gasteiger partial charge in [0.15, 0.2) is 0 Å². The third-order valence-corrected chi connectivity index (χ3v) is 12.5. The molecule has 0 fully saturated rings. The molecule has 0 radical (unpaired) electrons. The van der Waals surface area contributed by atoms with Gasteiger partial charge in [-0.2, -0.15) is 12.6 Å². The molecule has 0 amide bonds. The maximum Gasteiger partial charge on any atom is 0.330 e. The quantitative estimate of drug-likeness (QED) is 0.0119. The molecule has 0 saturated heterocycles. The van der Waals surface area contributed by atoms with E-state index in [4.69, 9.17) is 157 Å². The molecule has 118 heavy (non-hydrogen) atoms. The van der Waals surface area contributed by atoms with Crippen LogP contribution >= 0.6 is 12.6 Å². The second kappa shape index (κ2) is 90.2. The molecule has 13 atom stereocenters. The van der Waals surface area contributed by atoms with Crippen LogP contribution in [0.2, 0.25) is 0 Å². The SMILES string of the molecule is CC(C)C[C@H](N)C(=O)O.CC(C)C[C@H](N)C(=O)OC[C@H](N)C(=O)O.CC(C)[C@H](N)C(=O)O.CC(C)[C@H](N)C(=O)O.CC(C)[C@H](N)C(=O)O.CC(C)[C@H](N)C(=O)OC(=O)[C@H](C)N.C[C@H](N)C(=O)O.NCC(=O)O.NCC(=O)O.NCC(=O)O.NCCCC[C@H](N)C(=O)O.NCCCC[C@H](N)C(=O)O.N[C@@H](CC(=O)O)C(=O)O.N[C@@H](CS)C(=O)O. The van der Waals surface area contributed by atoms with Crippen LogP contribution in [0.3, 0.4) is 0 Å². The maximum atomic E-state index is 11.2. The van der Waals surface area contributed by atoms with E-state index in [9.17, 15) is 81.5 Å². The summed E-state index contributed by atoms with van der Waals surface area (Å²) < 4.78 is 9.07. The summed E-state index contributed by atoms with van der Waals surface area (Å²) in [5.41, 5.74) is 91.2. The first-order valence-corrected chi connectivity index (χ1v) is 36.1. The molecule has 0 heterocycles. The Morgan fingerprint density at radius 2 is 0.525 bits per heavy atom. The summed E-state index contributed by atoms with van der Waals surface area (Å²) in [6.45, 7) is 24.8. The lowest BCUT2D eigenvalue weighted by Crippen LogP contribution is -2.41. The highest BCUT2D eigenvalue weighted by molar-refractivity contribution is 7.80. The van der Waals surface area contributed by atoms with Gasteiger partial charge in [0.2, 0.25) is 0 Å². The molecule has 0 aromatic carbocycles. The van der Waals surface area contributed by atoms with Gasteiger partial charge in [-0.05, 0) is 101 Å². The third kappa shape index (κ3) is 125. The summed E-state index contributed by atoms with van der Waals surface area (Å²) in [4.78, 5) is 171. The van der Waals surface area contributed by atoms with Crippen LogP contribution in [0.4, 0.5) is 0 Å². The maximum absolute atomic E-state index is 11.2. The van der Waals surface area contributed by atoms with Gasteiger partial charge >= 0.3 is 101 Å². The Hall–Kier alpha value is -9.18. The van der Waals surface area contributed by atoms with Gasteiger partial charge in [0, 0.05) is 5.75 Å². The van der Waals surface area contributed by atoms with Crippen molar-refractivity contribution in [3.05, 3.63) is 0 Å². The highest BCUT2D eigenvalue weighted by atomic mass is 32.1. The van der Waals surface area contributed by atoms with Gasteiger partial charge in [0.1, 0.15) is 85.2 Å². The van der Waals surface area contributed by atoms with Crippen molar-refractivity contribution in [2.24, 2.45) is 139 Å². The van der Waals surface area contributed by atoms with Crippen LogP contribution in [0.25, 0.3) is 0 Å². The summed E-state index contributed by atoms with van der Waals surface area (Å²) in [6, 6.07) is -10.6. The van der Waals surface area contributed by atoms with Crippen molar-refractivity contribution in [2.45, 2.75) is 233 Å². The van der Waals surface area contributed by atoms with Gasteiger partial charge in [-0.1, -0.05) is 95.9 Å². The van der Waals surface area contributed by atoms with Gasteiger partial charge in [-0.15, -0.1) is 0 Å². The van der Waals surface area contributed by atoms with E-state index in [1.54, 1.807) is 55.4 Å². The number of unbranched alkanes of at least 4 members (excludes halogenated alkanes) is 2. The average molecular weight is 1750 g/mol. The zero-order chi connectivity index (χ0) is 97.5. The number of thiol groups is 1. The molecule has 0 aliphatic heterocycles. The molecule has 0 rings (SSSR count). The first-order valence-electron chi connectivity index (χ1n) is 35.4. The average Bonchev–Trinajstić information content (AvgIpc) is 0.919. The van der Waals surface area contributed by atoms with Crippen molar-refractivity contribution < 1.29 is 162 Å². The molecule has 0 aliphatic carbocycles. The molecule has 0 bridgehead atoms. The Balaban J connectivity index is -0.0000000832. The Labute approximate surface area is 691 Å².